The fourth-order valence-electron chi connectivity index (χ4n) is 2.07. The van der Waals surface area contributed by atoms with Crippen molar-refractivity contribution in [1.29, 1.82) is 0 Å². The summed E-state index contributed by atoms with van der Waals surface area (Å²) in [5.41, 5.74) is 7.80. The molecule has 2 N–H and O–H groups in total. The van der Waals surface area contributed by atoms with Crippen LogP contribution < -0.4 is 5.73 Å². The van der Waals surface area contributed by atoms with Gasteiger partial charge in [-0.1, -0.05) is 0 Å². The van der Waals surface area contributed by atoms with Crippen LogP contribution in [0.4, 0.5) is 8.78 Å². The van der Waals surface area contributed by atoms with Gasteiger partial charge in [0.15, 0.2) is 0 Å². The van der Waals surface area contributed by atoms with Gasteiger partial charge in [0.05, 0.1) is 0 Å². The van der Waals surface area contributed by atoms with Gasteiger partial charge >= 0.3 is 0 Å². The molecule has 5 heteroatoms. The monoisotopic (exact) mass is 265 g/mol. The van der Waals surface area contributed by atoms with E-state index in [1.165, 1.54) is 6.07 Å². The van der Waals surface area contributed by atoms with E-state index in [4.69, 9.17) is 5.73 Å². The highest BCUT2D eigenvalue weighted by Crippen LogP contribution is 2.22. The fourth-order valence-corrected chi connectivity index (χ4v) is 2.07. The van der Waals surface area contributed by atoms with Crippen molar-refractivity contribution in [2.45, 2.75) is 25.8 Å². The van der Waals surface area contributed by atoms with Crippen molar-refractivity contribution in [3.63, 3.8) is 0 Å². The van der Waals surface area contributed by atoms with Crippen molar-refractivity contribution >= 4 is 0 Å². The molecule has 0 aliphatic carbocycles. The molecule has 1 aromatic heterocycles. The second kappa shape index (κ2) is 5.48. The summed E-state index contributed by atoms with van der Waals surface area (Å²) in [4.78, 5) is 0. The topological polar surface area (TPSA) is 43.8 Å². The Balaban J connectivity index is 2.10. The first kappa shape index (κ1) is 13.7. The van der Waals surface area contributed by atoms with Gasteiger partial charge in [0.2, 0.25) is 0 Å². The number of aryl methyl sites for hydroxylation is 3. The van der Waals surface area contributed by atoms with E-state index in [9.17, 15) is 8.78 Å². The van der Waals surface area contributed by atoms with E-state index in [1.54, 1.807) is 17.8 Å². The number of halogens is 2. The van der Waals surface area contributed by atoms with Crippen LogP contribution in [0.3, 0.4) is 0 Å². The maximum Gasteiger partial charge on any atom is 0.130 e. The van der Waals surface area contributed by atoms with Gasteiger partial charge in [0.25, 0.3) is 0 Å². The molecule has 1 heterocycles. The van der Waals surface area contributed by atoms with Gasteiger partial charge in [0, 0.05) is 36.6 Å². The van der Waals surface area contributed by atoms with E-state index in [-0.39, 0.29) is 0 Å². The van der Waals surface area contributed by atoms with Crippen LogP contribution >= 0.6 is 0 Å². The fraction of sp³-hybridized carbons (Fsp3) is 0.357. The van der Waals surface area contributed by atoms with Gasteiger partial charge in [-0.25, -0.2) is 8.78 Å². The molecule has 0 amide bonds. The Morgan fingerprint density at radius 2 is 2.05 bits per heavy atom. The van der Waals surface area contributed by atoms with Crippen LogP contribution in [0.5, 0.6) is 0 Å². The molecule has 0 radical (unpaired) electrons. The summed E-state index contributed by atoms with van der Waals surface area (Å²) in [5, 5.41) is 4.06. The quantitative estimate of drug-likeness (QED) is 0.923. The molecule has 1 atom stereocenters. The minimum atomic E-state index is -0.583. The Labute approximate surface area is 111 Å². The second-order valence-corrected chi connectivity index (χ2v) is 4.71. The third kappa shape index (κ3) is 2.98. The van der Waals surface area contributed by atoms with Crippen molar-refractivity contribution in [2.75, 3.05) is 0 Å². The van der Waals surface area contributed by atoms with Crippen molar-refractivity contribution in [3.8, 4) is 0 Å². The number of nitrogens with two attached hydrogens (primary N) is 1. The standard InChI is InChI=1S/C14H17F2N3/c1-9-7-11(13(16)8-12(9)15)14(17)4-3-10-5-6-18-19(10)2/h5-8,14H,3-4,17H2,1-2H3. The van der Waals surface area contributed by atoms with Crippen molar-refractivity contribution < 1.29 is 8.78 Å². The predicted octanol–water partition coefficient (Wildman–Crippen LogP) is 2.64. The van der Waals surface area contributed by atoms with Gasteiger partial charge in [-0.3, -0.25) is 4.68 Å². The molecule has 1 unspecified atom stereocenters. The van der Waals surface area contributed by atoms with Crippen LogP contribution in [-0.2, 0) is 13.5 Å². The molecule has 2 aromatic rings. The van der Waals surface area contributed by atoms with Crippen molar-refractivity contribution in [1.82, 2.24) is 9.78 Å². The van der Waals surface area contributed by atoms with E-state index < -0.39 is 17.7 Å². The largest absolute Gasteiger partial charge is 0.324 e. The third-order valence-electron chi connectivity index (χ3n) is 3.31. The minimum Gasteiger partial charge on any atom is -0.324 e. The number of rotatable bonds is 4. The molecular weight excluding hydrogens is 248 g/mol. The predicted molar refractivity (Wildman–Crippen MR) is 69.6 cm³/mol. The zero-order valence-corrected chi connectivity index (χ0v) is 11.0. The van der Waals surface area contributed by atoms with Gasteiger partial charge in [-0.15, -0.1) is 0 Å². The first-order valence-electron chi connectivity index (χ1n) is 6.17. The molecule has 0 aliphatic heterocycles. The van der Waals surface area contributed by atoms with Gasteiger partial charge in [-0.2, -0.15) is 5.10 Å². The number of nitrogens with zero attached hydrogens (tertiary/aromatic N) is 2. The van der Waals surface area contributed by atoms with E-state index in [0.717, 1.165) is 11.8 Å². The minimum absolute atomic E-state index is 0.362. The highest BCUT2D eigenvalue weighted by atomic mass is 19.1. The maximum absolute atomic E-state index is 13.7. The summed E-state index contributed by atoms with van der Waals surface area (Å²) in [6.07, 6.45) is 3.00. The lowest BCUT2D eigenvalue weighted by Crippen LogP contribution is -2.14. The summed E-state index contributed by atoms with van der Waals surface area (Å²) in [5.74, 6) is -1.12. The highest BCUT2D eigenvalue weighted by molar-refractivity contribution is 5.28. The Hall–Kier alpha value is -1.75. The lowest BCUT2D eigenvalue weighted by molar-refractivity contribution is 0.535. The molecular formula is C14H17F2N3. The summed E-state index contributed by atoms with van der Waals surface area (Å²) >= 11 is 0. The third-order valence-corrected chi connectivity index (χ3v) is 3.31. The van der Waals surface area contributed by atoms with Gasteiger partial charge in [-0.05, 0) is 37.5 Å². The molecule has 0 bridgehead atoms. The number of aromatic nitrogens is 2. The first-order valence-corrected chi connectivity index (χ1v) is 6.17. The van der Waals surface area contributed by atoms with Crippen molar-refractivity contribution in [3.05, 3.63) is 52.9 Å². The zero-order valence-electron chi connectivity index (χ0n) is 11.0. The van der Waals surface area contributed by atoms with Crippen LogP contribution in [0, 0.1) is 18.6 Å². The van der Waals surface area contributed by atoms with E-state index in [0.29, 0.717) is 24.0 Å². The zero-order chi connectivity index (χ0) is 14.0. The summed E-state index contributed by atoms with van der Waals surface area (Å²) < 4.78 is 28.6. The molecule has 3 nitrogen and oxygen atoms in total. The molecule has 102 valence electrons. The van der Waals surface area contributed by atoms with Gasteiger partial charge in [0.1, 0.15) is 11.6 Å². The Morgan fingerprint density at radius 3 is 2.68 bits per heavy atom. The average molecular weight is 265 g/mol. The van der Waals surface area contributed by atoms with Crippen LogP contribution in [0.15, 0.2) is 24.4 Å². The smallest absolute Gasteiger partial charge is 0.130 e. The molecule has 1 aromatic carbocycles. The van der Waals surface area contributed by atoms with E-state index >= 15 is 0 Å². The van der Waals surface area contributed by atoms with Crippen LogP contribution in [0.2, 0.25) is 0 Å². The molecule has 0 spiro atoms. The lowest BCUT2D eigenvalue weighted by atomic mass is 9.99. The van der Waals surface area contributed by atoms with Crippen LogP contribution in [-0.4, -0.2) is 9.78 Å². The van der Waals surface area contributed by atoms with Crippen LogP contribution in [0.1, 0.15) is 29.3 Å². The van der Waals surface area contributed by atoms with Gasteiger partial charge < -0.3 is 5.73 Å². The first-order chi connectivity index (χ1) is 8.99. The molecule has 0 fully saturated rings. The van der Waals surface area contributed by atoms with Crippen LogP contribution in [0.25, 0.3) is 0 Å². The normalized spacial score (nSPS) is 12.7. The number of hydrogen-bond donors (Lipinski definition) is 1. The molecule has 0 saturated heterocycles. The molecule has 19 heavy (non-hydrogen) atoms. The maximum atomic E-state index is 13.7. The summed E-state index contributed by atoms with van der Waals surface area (Å²) in [6.45, 7) is 1.60. The second-order valence-electron chi connectivity index (χ2n) is 4.71. The Kier molecular flexibility index (Phi) is 3.95. The average Bonchev–Trinajstić information content (AvgIpc) is 2.76. The van der Waals surface area contributed by atoms with Crippen molar-refractivity contribution in [2.24, 2.45) is 12.8 Å². The molecule has 2 rings (SSSR count). The lowest BCUT2D eigenvalue weighted by Gasteiger charge is -2.14. The SMILES string of the molecule is Cc1cc(C(N)CCc2ccnn2C)c(F)cc1F. The van der Waals surface area contributed by atoms with E-state index in [2.05, 4.69) is 5.10 Å². The number of hydrogen-bond acceptors (Lipinski definition) is 2. The highest BCUT2D eigenvalue weighted by Gasteiger charge is 2.14. The number of benzene rings is 1. The summed E-state index contributed by atoms with van der Waals surface area (Å²) in [7, 11) is 1.85. The van der Waals surface area contributed by atoms with E-state index in [1.807, 2.05) is 13.1 Å². The summed E-state index contributed by atoms with van der Waals surface area (Å²) in [6, 6.07) is 3.83. The molecule has 0 saturated carbocycles. The molecule has 0 aliphatic rings. The Bertz CT molecular complexity index is 578. The Morgan fingerprint density at radius 1 is 1.32 bits per heavy atom.